The Labute approximate surface area is 147 Å². The number of aliphatic hydroxyl groups excluding tert-OH is 2. The zero-order valence-electron chi connectivity index (χ0n) is 11.6. The van der Waals surface area contributed by atoms with E-state index in [1.165, 1.54) is 0 Å². The van der Waals surface area contributed by atoms with Crippen LogP contribution in [0.4, 0.5) is 4.79 Å². The Morgan fingerprint density at radius 2 is 2.05 bits per heavy atom. The number of imide groups is 1. The van der Waals surface area contributed by atoms with Crippen LogP contribution in [0.15, 0.2) is 0 Å². The average molecular weight is 348 g/mol. The molecule has 22 heavy (non-hydrogen) atoms. The maximum atomic E-state index is 11.6. The number of carbonyl (C=O) groups is 2. The third kappa shape index (κ3) is 4.71. The first-order valence-electron chi connectivity index (χ1n) is 5.99. The predicted octanol–water partition coefficient (Wildman–Crippen LogP) is -6.14. The van der Waals surface area contributed by atoms with Crippen molar-refractivity contribution < 1.29 is 73.0 Å². The van der Waals surface area contributed by atoms with Gasteiger partial charge in [-0.2, -0.15) is 0 Å². The van der Waals surface area contributed by atoms with Crippen LogP contribution in [0, 0.1) is 0 Å². The first-order chi connectivity index (χ1) is 9.69. The van der Waals surface area contributed by atoms with Crippen LogP contribution in [0.1, 0.15) is 6.42 Å². The number of phosphoric acid groups is 1. The molecule has 3 amide bonds. The van der Waals surface area contributed by atoms with Crippen LogP contribution >= 0.6 is 7.82 Å². The van der Waals surface area contributed by atoms with Gasteiger partial charge in [0, 0.05) is 13.0 Å². The average Bonchev–Trinajstić information content (AvgIpc) is 2.64. The van der Waals surface area contributed by atoms with E-state index in [2.05, 4.69) is 4.52 Å². The van der Waals surface area contributed by atoms with Crippen molar-refractivity contribution in [2.75, 3.05) is 13.2 Å². The van der Waals surface area contributed by atoms with Gasteiger partial charge in [-0.25, -0.2) is 4.79 Å². The minimum Gasteiger partial charge on any atom is -0.756 e. The van der Waals surface area contributed by atoms with Gasteiger partial charge in [-0.15, -0.1) is 0 Å². The van der Waals surface area contributed by atoms with Gasteiger partial charge in [0.1, 0.15) is 18.3 Å². The third-order valence-corrected chi connectivity index (χ3v) is 3.61. The molecule has 2 aliphatic rings. The van der Waals surface area contributed by atoms with Crippen LogP contribution in [0.25, 0.3) is 0 Å². The van der Waals surface area contributed by atoms with Crippen LogP contribution in [0.3, 0.4) is 0 Å². The smallest absolute Gasteiger partial charge is 0.756 e. The van der Waals surface area contributed by atoms with Crippen LogP contribution in [-0.2, 0) is 18.6 Å². The molecular weight excluding hydrogens is 334 g/mol. The number of urea groups is 1. The third-order valence-electron chi connectivity index (χ3n) is 3.13. The summed E-state index contributed by atoms with van der Waals surface area (Å²) in [5, 5.41) is 21.6. The summed E-state index contributed by atoms with van der Waals surface area (Å²) in [5.74, 6) is -0.475. The Balaban J connectivity index is 0.00000242. The molecule has 2 saturated heterocycles. The van der Waals surface area contributed by atoms with Gasteiger partial charge in [0.25, 0.3) is 7.82 Å². The normalized spacial score (nSPS) is 34.8. The first kappa shape index (κ1) is 20.0. The Morgan fingerprint density at radius 3 is 2.59 bits per heavy atom. The number of amides is 3. The predicted molar refractivity (Wildman–Crippen MR) is 61.3 cm³/mol. The zero-order chi connectivity index (χ0) is 15.8. The molecule has 0 aromatic carbocycles. The van der Waals surface area contributed by atoms with E-state index in [0.717, 1.165) is 4.90 Å². The quantitative estimate of drug-likeness (QED) is 0.285. The number of nitrogens with one attached hydrogen (secondary N) is 1. The van der Waals surface area contributed by atoms with Crippen LogP contribution < -0.4 is 39.8 Å². The number of hydrogen-bond donors (Lipinski definition) is 4. The Morgan fingerprint density at radius 1 is 1.41 bits per heavy atom. The molecule has 0 spiro atoms. The SMILES string of the molecule is O=C1CCN([C@@H]2O[C@H](COP(=O)([O-])O)[C@@H](O)[C@H]2O)C(=O)N1.[Na+]. The monoisotopic (exact) mass is 348 g/mol. The number of ether oxygens (including phenoxy) is 1. The fourth-order valence-corrected chi connectivity index (χ4v) is 2.45. The van der Waals surface area contributed by atoms with E-state index in [-0.39, 0.29) is 42.5 Å². The van der Waals surface area contributed by atoms with Crippen LogP contribution in [-0.4, -0.2) is 69.6 Å². The molecule has 0 bridgehead atoms. The van der Waals surface area contributed by atoms with Gasteiger partial charge in [-0.1, -0.05) is 0 Å². The summed E-state index contributed by atoms with van der Waals surface area (Å²) in [5.41, 5.74) is 0. The van der Waals surface area contributed by atoms with Crippen molar-refractivity contribution in [1.29, 1.82) is 0 Å². The maximum absolute atomic E-state index is 11.6. The summed E-state index contributed by atoms with van der Waals surface area (Å²) in [4.78, 5) is 42.6. The van der Waals surface area contributed by atoms with E-state index >= 15 is 0 Å². The summed E-state index contributed by atoms with van der Waals surface area (Å²) in [7, 11) is -5.00. The molecule has 0 aromatic rings. The van der Waals surface area contributed by atoms with Crippen molar-refractivity contribution in [2.24, 2.45) is 0 Å². The van der Waals surface area contributed by atoms with Gasteiger partial charge in [0.2, 0.25) is 5.91 Å². The first-order valence-corrected chi connectivity index (χ1v) is 7.49. The summed E-state index contributed by atoms with van der Waals surface area (Å²) in [6.07, 6.45) is -5.55. The van der Waals surface area contributed by atoms with Crippen molar-refractivity contribution in [3.63, 3.8) is 0 Å². The van der Waals surface area contributed by atoms with E-state index in [0.29, 0.717) is 0 Å². The Bertz CT molecular complexity index is 486. The Hall–Kier alpha value is -0.0700. The standard InChI is InChI=1S/C9H15N2O9P.Na/c12-5-1-2-11(9(15)10-5)8-7(14)6(13)4(20-8)3-19-21(16,17)18;/h4,6-8,13-14H,1-3H2,(H,10,12,15)(H2,16,17,18);/q;+1/p-1/t4-,6-,7-,8-;/m1./s1. The molecule has 2 fully saturated rings. The van der Waals surface area contributed by atoms with Crippen molar-refractivity contribution in [1.82, 2.24) is 10.2 Å². The van der Waals surface area contributed by atoms with Gasteiger partial charge >= 0.3 is 35.6 Å². The number of aliphatic hydroxyl groups is 2. The van der Waals surface area contributed by atoms with Gasteiger partial charge in [0.05, 0.1) is 6.61 Å². The van der Waals surface area contributed by atoms with Gasteiger partial charge < -0.3 is 29.3 Å². The number of hydrogen-bond acceptors (Lipinski definition) is 8. The molecular formula is C9H14N2NaO9P. The molecule has 2 rings (SSSR count). The van der Waals surface area contributed by atoms with Crippen LogP contribution in [0.5, 0.6) is 0 Å². The van der Waals surface area contributed by atoms with Crippen LogP contribution in [0.2, 0.25) is 0 Å². The molecule has 0 radical (unpaired) electrons. The largest absolute Gasteiger partial charge is 1.00 e. The molecule has 4 N–H and O–H groups in total. The van der Waals surface area contributed by atoms with E-state index in [1.807, 2.05) is 5.32 Å². The summed E-state index contributed by atoms with van der Waals surface area (Å²) in [6.45, 7) is -0.743. The fraction of sp³-hybridized carbons (Fsp3) is 0.778. The van der Waals surface area contributed by atoms with E-state index in [1.54, 1.807) is 0 Å². The molecule has 11 nitrogen and oxygen atoms in total. The fourth-order valence-electron chi connectivity index (χ4n) is 2.11. The summed E-state index contributed by atoms with van der Waals surface area (Å²) >= 11 is 0. The van der Waals surface area contributed by atoms with Crippen molar-refractivity contribution in [3.05, 3.63) is 0 Å². The topological polar surface area (TPSA) is 169 Å². The second-order valence-electron chi connectivity index (χ2n) is 4.61. The summed E-state index contributed by atoms with van der Waals surface area (Å²) in [6, 6.07) is -0.791. The van der Waals surface area contributed by atoms with E-state index in [9.17, 15) is 29.3 Å². The molecule has 0 aromatic heterocycles. The minimum absolute atomic E-state index is 0. The molecule has 2 heterocycles. The number of carbonyl (C=O) groups excluding carboxylic acids is 2. The molecule has 1 unspecified atom stereocenters. The van der Waals surface area contributed by atoms with Crippen molar-refractivity contribution >= 4 is 19.8 Å². The van der Waals surface area contributed by atoms with E-state index in [4.69, 9.17) is 9.63 Å². The van der Waals surface area contributed by atoms with Gasteiger partial charge in [-0.3, -0.25) is 19.6 Å². The summed E-state index contributed by atoms with van der Waals surface area (Å²) < 4.78 is 19.8. The maximum Gasteiger partial charge on any atom is 1.00 e. The molecule has 0 aliphatic carbocycles. The van der Waals surface area contributed by atoms with Gasteiger partial charge in [0.15, 0.2) is 6.23 Å². The molecule has 13 heteroatoms. The molecule has 2 aliphatic heterocycles. The van der Waals surface area contributed by atoms with Crippen molar-refractivity contribution in [3.8, 4) is 0 Å². The number of nitrogens with zero attached hydrogens (tertiary/aromatic N) is 1. The molecule has 5 atom stereocenters. The number of rotatable bonds is 4. The zero-order valence-corrected chi connectivity index (χ0v) is 14.5. The molecule has 0 saturated carbocycles. The minimum atomic E-state index is -5.00. The van der Waals surface area contributed by atoms with Gasteiger partial charge in [-0.05, 0) is 0 Å². The Kier molecular flexibility index (Phi) is 6.96. The second kappa shape index (κ2) is 7.67. The van der Waals surface area contributed by atoms with Crippen molar-refractivity contribution in [2.45, 2.75) is 31.0 Å². The number of phosphoric ester groups is 1. The molecule has 120 valence electrons. The van der Waals surface area contributed by atoms with E-state index < -0.39 is 50.9 Å². The second-order valence-corrected chi connectivity index (χ2v) is 5.80.